The van der Waals surface area contributed by atoms with Crippen LogP contribution in [0.25, 0.3) is 11.1 Å². The van der Waals surface area contributed by atoms with Crippen molar-refractivity contribution in [3.05, 3.63) is 71.7 Å². The van der Waals surface area contributed by atoms with Crippen LogP contribution in [0.2, 0.25) is 0 Å². The lowest BCUT2D eigenvalue weighted by Crippen LogP contribution is -2.52. The van der Waals surface area contributed by atoms with E-state index in [0.717, 1.165) is 23.9 Å². The third kappa shape index (κ3) is 4.82. The van der Waals surface area contributed by atoms with Crippen LogP contribution in [-0.2, 0) is 10.5 Å². The van der Waals surface area contributed by atoms with Crippen LogP contribution in [0.5, 0.6) is 0 Å². The molecule has 1 saturated heterocycles. The molecule has 4 atom stereocenters. The summed E-state index contributed by atoms with van der Waals surface area (Å²) in [5.41, 5.74) is 5.47. The number of aliphatic hydroxyl groups excluding tert-OH is 1. The Labute approximate surface area is 223 Å². The lowest BCUT2D eigenvalue weighted by Gasteiger charge is -2.31. The van der Waals surface area contributed by atoms with Gasteiger partial charge in [-0.2, -0.15) is 5.10 Å². The number of aromatic nitrogens is 1. The van der Waals surface area contributed by atoms with Crippen molar-refractivity contribution >= 4 is 32.2 Å². The molecule has 38 heavy (non-hydrogen) atoms. The second-order valence-electron chi connectivity index (χ2n) is 10.6. The van der Waals surface area contributed by atoms with E-state index in [1.54, 1.807) is 17.0 Å². The van der Waals surface area contributed by atoms with Crippen LogP contribution in [0, 0.1) is 11.7 Å². The van der Waals surface area contributed by atoms with E-state index in [2.05, 4.69) is 21.0 Å². The molecule has 0 bridgehead atoms. The van der Waals surface area contributed by atoms with Crippen molar-refractivity contribution in [2.75, 3.05) is 6.54 Å². The quantitative estimate of drug-likeness (QED) is 0.409. The van der Waals surface area contributed by atoms with Gasteiger partial charge in [0.1, 0.15) is 36.2 Å². The number of hydrazone groups is 1. The van der Waals surface area contributed by atoms with E-state index >= 15 is 0 Å². The molecule has 2 aliphatic heterocycles. The first-order valence-corrected chi connectivity index (χ1v) is 13.1. The standard InChI is InChI=1S/C27H32B2FN5O3/c1-15(2)24(22-13-23(29-28)33-38-22)26(37)35-14-18(36)12-21(35)25-31-27(3,34-32-25)17-10-8-16(9-11-17)19-6-4-5-7-20(19)30/h4-11,13,15,18,21,24,29,34,36H,12,14,28H2,1-3H3,(H,31,32). The summed E-state index contributed by atoms with van der Waals surface area (Å²) in [6, 6.07) is 15.7. The highest BCUT2D eigenvalue weighted by atomic mass is 19.1. The summed E-state index contributed by atoms with van der Waals surface area (Å²) in [6.07, 6.45) is -0.280. The molecule has 0 aliphatic carbocycles. The topological polar surface area (TPSA) is 103 Å². The number of carbonyl (C=O) groups excluding carboxylic acids is 1. The summed E-state index contributed by atoms with van der Waals surface area (Å²) >= 11 is 0. The molecule has 1 amide bonds. The normalized spacial score (nSPS) is 23.6. The molecule has 11 heteroatoms. The Kier molecular flexibility index (Phi) is 7.05. The number of amides is 1. The molecule has 0 saturated carbocycles. The van der Waals surface area contributed by atoms with Gasteiger partial charge in [-0.05, 0) is 36.1 Å². The summed E-state index contributed by atoms with van der Waals surface area (Å²) < 4.78 is 19.8. The van der Waals surface area contributed by atoms with E-state index in [0.29, 0.717) is 23.6 Å². The lowest BCUT2D eigenvalue weighted by atomic mass is 9.53. The average molecular weight is 515 g/mol. The zero-order valence-electron chi connectivity index (χ0n) is 22.1. The van der Waals surface area contributed by atoms with Crippen LogP contribution in [0.3, 0.4) is 0 Å². The highest BCUT2D eigenvalue weighted by molar-refractivity contribution is 6.97. The number of nitrogens with zero attached hydrogens (tertiary/aromatic N) is 3. The molecule has 4 unspecified atom stereocenters. The number of hydrogen-bond acceptors (Lipinski definition) is 7. The minimum Gasteiger partial charge on any atom is -0.391 e. The molecular weight excluding hydrogens is 483 g/mol. The van der Waals surface area contributed by atoms with Gasteiger partial charge in [-0.15, -0.1) is 0 Å². The number of likely N-dealkylation sites (tertiary alicyclic amines) is 1. The number of benzene rings is 2. The molecule has 8 nitrogen and oxygen atoms in total. The third-order valence-corrected chi connectivity index (χ3v) is 7.48. The number of halogens is 1. The molecule has 0 spiro atoms. The van der Waals surface area contributed by atoms with Gasteiger partial charge in [-0.3, -0.25) is 10.2 Å². The Morgan fingerprint density at radius 3 is 2.66 bits per heavy atom. The van der Waals surface area contributed by atoms with Gasteiger partial charge in [-0.25, -0.2) is 4.39 Å². The molecule has 3 aromatic rings. The minimum absolute atomic E-state index is 0.0200. The first kappa shape index (κ1) is 26.0. The predicted molar refractivity (Wildman–Crippen MR) is 148 cm³/mol. The van der Waals surface area contributed by atoms with Gasteiger partial charge in [0.15, 0.2) is 0 Å². The first-order chi connectivity index (χ1) is 18.2. The van der Waals surface area contributed by atoms with Crippen LogP contribution in [0.1, 0.15) is 44.4 Å². The summed E-state index contributed by atoms with van der Waals surface area (Å²) in [7, 11) is 2.71. The van der Waals surface area contributed by atoms with Crippen LogP contribution in [0.4, 0.5) is 4.39 Å². The summed E-state index contributed by atoms with van der Waals surface area (Å²) in [6.45, 7) is 6.13. The monoisotopic (exact) mass is 515 g/mol. The minimum atomic E-state index is -0.732. The fourth-order valence-electron chi connectivity index (χ4n) is 5.33. The summed E-state index contributed by atoms with van der Waals surface area (Å²) in [5, 5.41) is 22.6. The Morgan fingerprint density at radius 1 is 1.26 bits per heavy atom. The van der Waals surface area contributed by atoms with E-state index in [-0.39, 0.29) is 24.2 Å². The maximum Gasteiger partial charge on any atom is 0.234 e. The maximum absolute atomic E-state index is 14.2. The van der Waals surface area contributed by atoms with E-state index in [1.165, 1.54) is 6.07 Å². The molecular formula is C27H32B2FN5O3. The van der Waals surface area contributed by atoms with Crippen molar-refractivity contribution in [3.8, 4) is 11.1 Å². The fraction of sp³-hybridized carbons (Fsp3) is 0.370. The number of hydrogen-bond donors (Lipinski definition) is 3. The van der Waals surface area contributed by atoms with E-state index in [4.69, 9.17) is 4.52 Å². The van der Waals surface area contributed by atoms with E-state index < -0.39 is 23.7 Å². The van der Waals surface area contributed by atoms with Crippen LogP contribution in [0.15, 0.2) is 64.2 Å². The van der Waals surface area contributed by atoms with Gasteiger partial charge in [-0.1, -0.05) is 61.5 Å². The molecule has 2 aliphatic rings. The molecule has 2 aromatic carbocycles. The summed E-state index contributed by atoms with van der Waals surface area (Å²) in [5.74, 6) is 0.213. The molecule has 5 rings (SSSR count). The van der Waals surface area contributed by atoms with E-state index in [9.17, 15) is 14.3 Å². The number of carbonyl (C=O) groups is 1. The molecule has 3 heterocycles. The SMILES string of the molecule is BBc1cc(C(C(=O)N2CC(O)CC2C2=NNC(C)(c3ccc(-c4ccccc4F)cc3)N2)C(C)C)on1. The van der Waals surface area contributed by atoms with Gasteiger partial charge in [0.25, 0.3) is 0 Å². The van der Waals surface area contributed by atoms with Crippen LogP contribution >= 0.6 is 0 Å². The van der Waals surface area contributed by atoms with Crippen LogP contribution < -0.4 is 16.3 Å². The van der Waals surface area contributed by atoms with Gasteiger partial charge in [0.2, 0.25) is 5.91 Å². The Hall–Kier alpha value is -3.59. The van der Waals surface area contributed by atoms with Crippen molar-refractivity contribution in [1.29, 1.82) is 0 Å². The number of β-amino-alcohol motifs (C(OH)–C–C–N with tert-alkyl or cyclic N) is 1. The highest BCUT2D eigenvalue weighted by Crippen LogP contribution is 2.32. The molecule has 1 fully saturated rings. The van der Waals surface area contributed by atoms with Gasteiger partial charge in [0.05, 0.1) is 19.9 Å². The largest absolute Gasteiger partial charge is 0.391 e. The number of nitrogens with one attached hydrogen (secondary N) is 2. The Morgan fingerprint density at radius 2 is 2.00 bits per heavy atom. The third-order valence-electron chi connectivity index (χ3n) is 7.48. The Bertz CT molecular complexity index is 1350. The van der Waals surface area contributed by atoms with Gasteiger partial charge >= 0.3 is 0 Å². The first-order valence-electron chi connectivity index (χ1n) is 13.1. The van der Waals surface area contributed by atoms with E-state index in [1.807, 2.05) is 64.9 Å². The smallest absolute Gasteiger partial charge is 0.234 e. The Balaban J connectivity index is 1.35. The molecule has 196 valence electrons. The zero-order valence-corrected chi connectivity index (χ0v) is 22.1. The average Bonchev–Trinajstić information content (AvgIpc) is 3.63. The number of aliphatic hydroxyl groups is 1. The van der Waals surface area contributed by atoms with Crippen molar-refractivity contribution in [2.24, 2.45) is 11.0 Å². The summed E-state index contributed by atoms with van der Waals surface area (Å²) in [4.78, 5) is 15.5. The van der Waals surface area contributed by atoms with Crippen molar-refractivity contribution in [2.45, 2.75) is 50.9 Å². The van der Waals surface area contributed by atoms with Crippen molar-refractivity contribution < 1.29 is 18.8 Å². The second kappa shape index (κ2) is 10.3. The fourth-order valence-corrected chi connectivity index (χ4v) is 5.33. The number of amidine groups is 1. The lowest BCUT2D eigenvalue weighted by molar-refractivity contribution is -0.134. The molecule has 0 radical (unpaired) electrons. The zero-order chi connectivity index (χ0) is 27.0. The highest BCUT2D eigenvalue weighted by Gasteiger charge is 2.45. The molecule has 3 N–H and O–H groups in total. The number of rotatable bonds is 7. The maximum atomic E-state index is 14.2. The van der Waals surface area contributed by atoms with Gasteiger partial charge < -0.3 is 19.8 Å². The molecule has 1 aromatic heterocycles. The van der Waals surface area contributed by atoms with Crippen molar-refractivity contribution in [3.63, 3.8) is 0 Å². The second-order valence-corrected chi connectivity index (χ2v) is 10.6. The van der Waals surface area contributed by atoms with Crippen molar-refractivity contribution in [1.82, 2.24) is 20.8 Å². The van der Waals surface area contributed by atoms with Gasteiger partial charge in [0, 0.05) is 24.1 Å². The predicted octanol–water partition coefficient (Wildman–Crippen LogP) is 1.17. The van der Waals surface area contributed by atoms with Crippen LogP contribution in [-0.4, -0.2) is 60.5 Å².